The molecule has 0 radical (unpaired) electrons. The van der Waals surface area contributed by atoms with Gasteiger partial charge in [0.25, 0.3) is 5.24 Å². The molecule has 0 bridgehead atoms. The molecule has 3 heterocycles. The van der Waals surface area contributed by atoms with Gasteiger partial charge < -0.3 is 9.15 Å². The Balaban J connectivity index is 1.30. The Morgan fingerprint density at radius 2 is 2.04 bits per heavy atom. The summed E-state index contributed by atoms with van der Waals surface area (Å²) in [5.74, 6) is 1.99. The van der Waals surface area contributed by atoms with Gasteiger partial charge in [-0.15, -0.1) is 11.3 Å². The van der Waals surface area contributed by atoms with Crippen LogP contribution in [0.1, 0.15) is 17.0 Å². The fourth-order valence-electron chi connectivity index (χ4n) is 2.89. The zero-order chi connectivity index (χ0) is 19.5. The van der Waals surface area contributed by atoms with Gasteiger partial charge in [-0.2, -0.15) is 0 Å². The molecular weight excluding hydrogens is 396 g/mol. The summed E-state index contributed by atoms with van der Waals surface area (Å²) < 4.78 is 11.6. The molecule has 1 aliphatic rings. The molecule has 0 saturated carbocycles. The number of hydrogen-bond acceptors (Lipinski definition) is 7. The molecule has 6 nitrogen and oxygen atoms in total. The second kappa shape index (κ2) is 8.20. The molecule has 1 aliphatic heterocycles. The number of amides is 2. The Labute approximate surface area is 170 Å². The number of carbonyl (C=O) groups is 2. The van der Waals surface area contributed by atoms with Crippen molar-refractivity contribution in [1.29, 1.82) is 0 Å². The van der Waals surface area contributed by atoms with E-state index < -0.39 is 0 Å². The molecule has 28 heavy (non-hydrogen) atoms. The summed E-state index contributed by atoms with van der Waals surface area (Å²) in [5, 5.41) is 3.67. The first-order valence-electron chi connectivity index (χ1n) is 8.82. The van der Waals surface area contributed by atoms with E-state index in [-0.39, 0.29) is 16.4 Å². The number of aryl methyl sites for hydroxylation is 1. The van der Waals surface area contributed by atoms with Crippen molar-refractivity contribution >= 4 is 34.2 Å². The van der Waals surface area contributed by atoms with E-state index in [9.17, 15) is 9.59 Å². The third kappa shape index (κ3) is 4.28. The van der Waals surface area contributed by atoms with Crippen LogP contribution < -0.4 is 10.1 Å². The van der Waals surface area contributed by atoms with Crippen molar-refractivity contribution < 1.29 is 18.7 Å². The average molecular weight is 415 g/mol. The van der Waals surface area contributed by atoms with Crippen molar-refractivity contribution in [3.8, 4) is 16.5 Å². The number of oxazole rings is 1. The van der Waals surface area contributed by atoms with Gasteiger partial charge >= 0.3 is 0 Å². The lowest BCUT2D eigenvalue weighted by Crippen LogP contribution is -2.25. The first-order chi connectivity index (χ1) is 13.6. The van der Waals surface area contributed by atoms with Gasteiger partial charge in [0.05, 0.1) is 22.4 Å². The Bertz CT molecular complexity index is 980. The number of thioether (sulfide) groups is 1. The molecule has 144 valence electrons. The van der Waals surface area contributed by atoms with Crippen molar-refractivity contribution in [2.45, 2.75) is 25.0 Å². The molecule has 2 amide bonds. The van der Waals surface area contributed by atoms with Crippen LogP contribution in [0.2, 0.25) is 0 Å². The first-order valence-corrected chi connectivity index (χ1v) is 10.6. The third-order valence-electron chi connectivity index (χ3n) is 4.34. The van der Waals surface area contributed by atoms with Crippen LogP contribution in [-0.2, 0) is 17.6 Å². The van der Waals surface area contributed by atoms with Crippen LogP contribution in [0.15, 0.2) is 46.2 Å². The van der Waals surface area contributed by atoms with Crippen LogP contribution in [0, 0.1) is 6.92 Å². The maximum absolute atomic E-state index is 11.6. The Hall–Kier alpha value is -2.58. The van der Waals surface area contributed by atoms with E-state index in [1.807, 2.05) is 48.7 Å². The summed E-state index contributed by atoms with van der Waals surface area (Å²) in [4.78, 5) is 28.5. The van der Waals surface area contributed by atoms with Gasteiger partial charge in [0.1, 0.15) is 11.5 Å². The Morgan fingerprint density at radius 3 is 2.71 bits per heavy atom. The number of aromatic nitrogens is 1. The summed E-state index contributed by atoms with van der Waals surface area (Å²) in [6.07, 6.45) is 1.18. The molecule has 8 heteroatoms. The normalized spacial score (nSPS) is 16.4. The zero-order valence-corrected chi connectivity index (χ0v) is 16.8. The average Bonchev–Trinajstić information content (AvgIpc) is 3.39. The van der Waals surface area contributed by atoms with Crippen LogP contribution >= 0.6 is 23.1 Å². The van der Waals surface area contributed by atoms with E-state index in [0.29, 0.717) is 25.3 Å². The molecule has 0 spiro atoms. The highest BCUT2D eigenvalue weighted by molar-refractivity contribution is 8.15. The number of imide groups is 1. The Kier molecular flexibility index (Phi) is 5.50. The summed E-state index contributed by atoms with van der Waals surface area (Å²) in [5.41, 5.74) is 1.89. The molecule has 0 aliphatic carbocycles. The van der Waals surface area contributed by atoms with Crippen molar-refractivity contribution in [3.05, 3.63) is 58.8 Å². The lowest BCUT2D eigenvalue weighted by atomic mass is 10.1. The molecule has 2 aromatic heterocycles. The fraction of sp³-hybridized carbons (Fsp3) is 0.250. The van der Waals surface area contributed by atoms with Crippen molar-refractivity contribution in [2.75, 3.05) is 6.61 Å². The van der Waals surface area contributed by atoms with Gasteiger partial charge in [-0.3, -0.25) is 14.9 Å². The van der Waals surface area contributed by atoms with E-state index in [2.05, 4.69) is 10.3 Å². The lowest BCUT2D eigenvalue weighted by Gasteiger charge is -2.08. The molecule has 3 aromatic rings. The highest BCUT2D eigenvalue weighted by Gasteiger charge is 2.31. The van der Waals surface area contributed by atoms with E-state index >= 15 is 0 Å². The number of nitrogens with zero attached hydrogens (tertiary/aromatic N) is 1. The molecule has 4 rings (SSSR count). The van der Waals surface area contributed by atoms with E-state index in [0.717, 1.165) is 39.4 Å². The quantitative estimate of drug-likeness (QED) is 0.623. The maximum atomic E-state index is 11.6. The number of hydrogen-bond donors (Lipinski definition) is 1. The van der Waals surface area contributed by atoms with Crippen molar-refractivity contribution in [1.82, 2.24) is 10.3 Å². The van der Waals surface area contributed by atoms with Crippen molar-refractivity contribution in [3.63, 3.8) is 0 Å². The minimum atomic E-state index is -0.355. The SMILES string of the molecule is Cc1oc(-c2cccs2)nc1CCOc1ccc(CC2SC(=O)NC2=O)cc1. The number of rotatable bonds is 7. The highest BCUT2D eigenvalue weighted by atomic mass is 32.2. The highest BCUT2D eigenvalue weighted by Crippen LogP contribution is 2.26. The standard InChI is InChI=1S/C20H18N2O4S2/c1-12-15(21-19(26-12)16-3-2-10-27-16)8-9-25-14-6-4-13(5-7-14)11-17-18(23)22-20(24)28-17/h2-7,10,17H,8-9,11H2,1H3,(H,22,23,24). The second-order valence-electron chi connectivity index (χ2n) is 6.33. The predicted molar refractivity (Wildman–Crippen MR) is 109 cm³/mol. The predicted octanol–water partition coefficient (Wildman–Crippen LogP) is 4.23. The maximum Gasteiger partial charge on any atom is 0.286 e. The van der Waals surface area contributed by atoms with Gasteiger partial charge in [0.2, 0.25) is 11.8 Å². The summed E-state index contributed by atoms with van der Waals surface area (Å²) in [6, 6.07) is 11.6. The van der Waals surface area contributed by atoms with Crippen LogP contribution in [0.25, 0.3) is 10.8 Å². The van der Waals surface area contributed by atoms with Gasteiger partial charge in [-0.25, -0.2) is 4.98 Å². The molecule has 1 unspecified atom stereocenters. The Morgan fingerprint density at radius 1 is 1.21 bits per heavy atom. The summed E-state index contributed by atoms with van der Waals surface area (Å²) in [6.45, 7) is 2.40. The number of ether oxygens (including phenoxy) is 1. The molecule has 1 N–H and O–H groups in total. The van der Waals surface area contributed by atoms with Crippen LogP contribution in [0.5, 0.6) is 5.75 Å². The monoisotopic (exact) mass is 414 g/mol. The van der Waals surface area contributed by atoms with E-state index in [1.54, 1.807) is 11.3 Å². The minimum Gasteiger partial charge on any atom is -0.493 e. The fourth-order valence-corrected chi connectivity index (χ4v) is 4.40. The van der Waals surface area contributed by atoms with Crippen LogP contribution in [0.4, 0.5) is 4.79 Å². The number of thiophene rings is 1. The number of nitrogens with one attached hydrogen (secondary N) is 1. The molecule has 1 saturated heterocycles. The number of carbonyl (C=O) groups excluding carboxylic acids is 2. The van der Waals surface area contributed by atoms with Gasteiger partial charge in [-0.1, -0.05) is 30.0 Å². The topological polar surface area (TPSA) is 81.4 Å². The zero-order valence-electron chi connectivity index (χ0n) is 15.1. The largest absolute Gasteiger partial charge is 0.493 e. The van der Waals surface area contributed by atoms with Gasteiger partial charge in [-0.05, 0) is 42.5 Å². The molecule has 1 aromatic carbocycles. The number of benzene rings is 1. The van der Waals surface area contributed by atoms with Crippen molar-refractivity contribution in [2.24, 2.45) is 0 Å². The lowest BCUT2D eigenvalue weighted by molar-refractivity contribution is -0.118. The van der Waals surface area contributed by atoms with Gasteiger partial charge in [0, 0.05) is 6.42 Å². The third-order valence-corrected chi connectivity index (χ3v) is 6.18. The van der Waals surface area contributed by atoms with Gasteiger partial charge in [0.15, 0.2) is 0 Å². The minimum absolute atomic E-state index is 0.222. The van der Waals surface area contributed by atoms with Crippen LogP contribution in [-0.4, -0.2) is 28.0 Å². The van der Waals surface area contributed by atoms with E-state index in [1.165, 1.54) is 0 Å². The summed E-state index contributed by atoms with van der Waals surface area (Å²) >= 11 is 2.64. The summed E-state index contributed by atoms with van der Waals surface area (Å²) in [7, 11) is 0. The molecule has 1 fully saturated rings. The smallest absolute Gasteiger partial charge is 0.286 e. The van der Waals surface area contributed by atoms with E-state index in [4.69, 9.17) is 9.15 Å². The second-order valence-corrected chi connectivity index (χ2v) is 8.45. The van der Waals surface area contributed by atoms with Crippen LogP contribution in [0.3, 0.4) is 0 Å². The first kappa shape index (κ1) is 18.8. The molecular formula is C20H18N2O4S2. The molecule has 1 atom stereocenters.